The number of aliphatic carboxylic acids is 1. The molecule has 1 heterocycles. The number of allylic oxidation sites excluding steroid dienone is 1. The Morgan fingerprint density at radius 3 is 1.60 bits per heavy atom. The van der Waals surface area contributed by atoms with Gasteiger partial charge in [-0.3, -0.25) is 33.7 Å². The third-order valence-electron chi connectivity index (χ3n) is 9.24. The van der Waals surface area contributed by atoms with Gasteiger partial charge in [0, 0.05) is 74.2 Å². The van der Waals surface area contributed by atoms with Gasteiger partial charge in [-0.1, -0.05) is 0 Å². The molecule has 1 atom stereocenters. The number of amides is 6. The summed E-state index contributed by atoms with van der Waals surface area (Å²) in [5.41, 5.74) is 5.32. The summed E-state index contributed by atoms with van der Waals surface area (Å²) in [6, 6.07) is 2.26. The predicted octanol–water partition coefficient (Wildman–Crippen LogP) is -1.20. The second kappa shape index (κ2) is 36.9. The van der Waals surface area contributed by atoms with Gasteiger partial charge in [-0.05, 0) is 32.4 Å². The number of benzene rings is 1. The van der Waals surface area contributed by atoms with E-state index >= 15 is 0 Å². The summed E-state index contributed by atoms with van der Waals surface area (Å²) in [5, 5.41) is 37.4. The number of hydrogen-bond acceptors (Lipinski definition) is 19. The molecule has 25 nitrogen and oxygen atoms in total. The number of nitrogens with two attached hydrogens (primary N) is 1. The standard InChI is InChI=1S/C45H69N7O18/c1-32(46)42(33(2)47)44(59)51-37(45(60)61)31-50-43(58)34-28-35(53)30-36(29-34)70-11-3-8-48-39(55)7-12-62-14-16-64-18-20-66-22-24-68-26-27-69-25-23-67-21-19-65-17-15-63-13-9-49-38(54)6-10-52-40(56)4-5-41(52)57/h4-5,28-30,37,46,53H,3,6-27,31,47H2,1-2H3,(H,48,55)(H,49,54)(H,50,58)(H,51,59)(H,60,61)/b42-33+,46-32?/t37-/m0/s1. The van der Waals surface area contributed by atoms with Crippen molar-refractivity contribution in [1.29, 1.82) is 5.41 Å². The zero-order chi connectivity index (χ0) is 51.4. The maximum Gasteiger partial charge on any atom is 0.328 e. The lowest BCUT2D eigenvalue weighted by Crippen LogP contribution is -2.49. The topological polar surface area (TPSA) is 344 Å². The third kappa shape index (κ3) is 27.8. The Bertz CT molecular complexity index is 1860. The summed E-state index contributed by atoms with van der Waals surface area (Å²) in [6.07, 6.45) is 2.95. The van der Waals surface area contributed by atoms with Crippen molar-refractivity contribution in [2.75, 3.05) is 138 Å². The fourth-order valence-electron chi connectivity index (χ4n) is 5.77. The number of carbonyl (C=O) groups is 7. The minimum absolute atomic E-state index is 0.0281. The minimum Gasteiger partial charge on any atom is -0.508 e. The van der Waals surface area contributed by atoms with Crippen molar-refractivity contribution < 1.29 is 86.4 Å². The van der Waals surface area contributed by atoms with Gasteiger partial charge >= 0.3 is 5.97 Å². The summed E-state index contributed by atoms with van der Waals surface area (Å²) in [6.45, 7) is 8.93. The quantitative estimate of drug-likeness (QED) is 0.0165. The van der Waals surface area contributed by atoms with Gasteiger partial charge in [0.05, 0.1) is 118 Å². The van der Waals surface area contributed by atoms with Gasteiger partial charge in [-0.15, -0.1) is 0 Å². The molecule has 1 aromatic rings. The second-order valence-corrected chi connectivity index (χ2v) is 14.9. The summed E-state index contributed by atoms with van der Waals surface area (Å²) in [5.74, 6) is -4.48. The monoisotopic (exact) mass is 995 g/mol. The summed E-state index contributed by atoms with van der Waals surface area (Å²) < 4.78 is 49.2. The lowest BCUT2D eigenvalue weighted by molar-refractivity contribution is -0.141. The van der Waals surface area contributed by atoms with Crippen LogP contribution in [0.1, 0.15) is 43.5 Å². The van der Waals surface area contributed by atoms with Crippen LogP contribution in [0.3, 0.4) is 0 Å². The molecule has 9 N–H and O–H groups in total. The van der Waals surface area contributed by atoms with E-state index in [2.05, 4.69) is 21.3 Å². The van der Waals surface area contributed by atoms with Crippen molar-refractivity contribution in [2.45, 2.75) is 39.2 Å². The van der Waals surface area contributed by atoms with Crippen molar-refractivity contribution in [3.8, 4) is 11.5 Å². The molecule has 0 aliphatic carbocycles. The number of nitrogens with one attached hydrogen (secondary N) is 5. The molecule has 0 radical (unpaired) electrons. The normalized spacial score (nSPS) is 12.9. The molecule has 0 bridgehead atoms. The van der Waals surface area contributed by atoms with Crippen LogP contribution in [0.4, 0.5) is 0 Å². The van der Waals surface area contributed by atoms with Crippen molar-refractivity contribution in [1.82, 2.24) is 26.2 Å². The van der Waals surface area contributed by atoms with E-state index in [0.717, 1.165) is 11.0 Å². The van der Waals surface area contributed by atoms with Crippen LogP contribution >= 0.6 is 0 Å². The van der Waals surface area contributed by atoms with Gasteiger partial charge < -0.3 is 85.3 Å². The van der Waals surface area contributed by atoms with E-state index in [1.807, 2.05) is 0 Å². The van der Waals surface area contributed by atoms with Gasteiger partial charge in [0.25, 0.3) is 23.6 Å². The molecule has 0 saturated heterocycles. The van der Waals surface area contributed by atoms with E-state index in [4.69, 9.17) is 53.8 Å². The first-order valence-corrected chi connectivity index (χ1v) is 22.7. The highest BCUT2D eigenvalue weighted by Gasteiger charge is 2.25. The molecule has 1 aliphatic heterocycles. The minimum atomic E-state index is -1.53. The number of carboxylic acid groups (broad SMARTS) is 1. The van der Waals surface area contributed by atoms with E-state index in [0.29, 0.717) is 119 Å². The fraction of sp³-hybridized carbons (Fsp3) is 0.600. The summed E-state index contributed by atoms with van der Waals surface area (Å²) in [4.78, 5) is 84.9. The number of rotatable bonds is 42. The third-order valence-corrected chi connectivity index (χ3v) is 9.24. The number of imide groups is 1. The van der Waals surface area contributed by atoms with Gasteiger partial charge in [0.15, 0.2) is 0 Å². The van der Waals surface area contributed by atoms with Crippen LogP contribution in [0.25, 0.3) is 0 Å². The molecule has 6 amide bonds. The van der Waals surface area contributed by atoms with Crippen LogP contribution in [0, 0.1) is 5.41 Å². The molecule has 25 heteroatoms. The Labute approximate surface area is 406 Å². The van der Waals surface area contributed by atoms with Crippen molar-refractivity contribution in [2.24, 2.45) is 5.73 Å². The Hall–Kier alpha value is -6.06. The van der Waals surface area contributed by atoms with E-state index in [1.165, 1.54) is 38.1 Å². The molecular weight excluding hydrogens is 927 g/mol. The maximum absolute atomic E-state index is 12.8. The molecule has 0 aromatic heterocycles. The van der Waals surface area contributed by atoms with E-state index in [9.17, 15) is 43.8 Å². The zero-order valence-electron chi connectivity index (χ0n) is 39.9. The molecule has 392 valence electrons. The molecule has 0 unspecified atom stereocenters. The zero-order valence-corrected chi connectivity index (χ0v) is 39.9. The van der Waals surface area contributed by atoms with E-state index in [-0.39, 0.29) is 78.5 Å². The largest absolute Gasteiger partial charge is 0.508 e. The van der Waals surface area contributed by atoms with Gasteiger partial charge in [0.1, 0.15) is 17.5 Å². The molecule has 70 heavy (non-hydrogen) atoms. The molecule has 1 aliphatic rings. The Morgan fingerprint density at radius 2 is 1.11 bits per heavy atom. The highest BCUT2D eigenvalue weighted by molar-refractivity contribution is 6.20. The number of phenols is 1. The van der Waals surface area contributed by atoms with E-state index < -0.39 is 42.2 Å². The van der Waals surface area contributed by atoms with Gasteiger partial charge in [-0.25, -0.2) is 4.79 Å². The number of carboxylic acids is 1. The van der Waals surface area contributed by atoms with Gasteiger partial charge in [-0.2, -0.15) is 0 Å². The second-order valence-electron chi connectivity index (χ2n) is 14.9. The molecule has 0 spiro atoms. The lowest BCUT2D eigenvalue weighted by atomic mass is 10.1. The van der Waals surface area contributed by atoms with E-state index in [1.54, 1.807) is 0 Å². The number of phenolic OH excluding ortho intramolecular Hbond substituents is 1. The molecule has 0 fully saturated rings. The number of carbonyl (C=O) groups excluding carboxylic acids is 6. The fourth-order valence-corrected chi connectivity index (χ4v) is 5.77. The maximum atomic E-state index is 12.8. The SMILES string of the molecule is CC(=N)/C(C(=O)N[C@@H](CNC(=O)c1cc(O)cc(OCCCNC(=O)CCOCCOCCOCCOCCOCCOCCOCCOCCNC(=O)CCN2C(=O)C=CC2=O)c1)C(=O)O)=C(/C)N. The molecule has 1 aromatic carbocycles. The number of nitrogens with zero attached hydrogens (tertiary/aromatic N) is 1. The molecule has 0 saturated carbocycles. The first kappa shape index (κ1) is 60.1. The van der Waals surface area contributed by atoms with Crippen molar-refractivity contribution in [3.05, 3.63) is 47.2 Å². The molecular formula is C45H69N7O18. The summed E-state index contributed by atoms with van der Waals surface area (Å²) in [7, 11) is 0. The average Bonchev–Trinajstić information content (AvgIpc) is 3.63. The van der Waals surface area contributed by atoms with Crippen LogP contribution in [0.15, 0.2) is 41.6 Å². The highest BCUT2D eigenvalue weighted by atomic mass is 16.6. The van der Waals surface area contributed by atoms with Crippen LogP contribution < -0.4 is 31.7 Å². The number of ether oxygens (including phenoxy) is 9. The number of aromatic hydroxyl groups is 1. The molecule has 2 rings (SSSR count). The number of hydrogen-bond donors (Lipinski definition) is 8. The van der Waals surface area contributed by atoms with Crippen molar-refractivity contribution in [3.63, 3.8) is 0 Å². The Morgan fingerprint density at radius 1 is 0.643 bits per heavy atom. The van der Waals surface area contributed by atoms with Crippen LogP contribution in [0.2, 0.25) is 0 Å². The van der Waals surface area contributed by atoms with Crippen LogP contribution in [0.5, 0.6) is 11.5 Å². The lowest BCUT2D eigenvalue weighted by Gasteiger charge is -2.17. The van der Waals surface area contributed by atoms with Crippen LogP contribution in [-0.2, 0) is 66.7 Å². The highest BCUT2D eigenvalue weighted by Crippen LogP contribution is 2.22. The first-order valence-electron chi connectivity index (χ1n) is 22.7. The van der Waals surface area contributed by atoms with Crippen LogP contribution in [-0.4, -0.2) is 207 Å². The van der Waals surface area contributed by atoms with Gasteiger partial charge in [0.2, 0.25) is 11.8 Å². The Balaban J connectivity index is 1.33. The summed E-state index contributed by atoms with van der Waals surface area (Å²) >= 11 is 0. The van der Waals surface area contributed by atoms with Crippen molar-refractivity contribution >= 4 is 47.1 Å². The predicted molar refractivity (Wildman–Crippen MR) is 248 cm³/mol. The Kier molecular flexibility index (Phi) is 31.6. The first-order chi connectivity index (χ1) is 33.7. The smallest absolute Gasteiger partial charge is 0.328 e. The average molecular weight is 996 g/mol.